The average Bonchev–Trinajstić information content (AvgIpc) is 2.38. The fourth-order valence-electron chi connectivity index (χ4n) is 1.75. The fraction of sp³-hybridized carbons (Fsp3) is 0.429. The molecule has 19 heavy (non-hydrogen) atoms. The minimum Gasteiger partial charge on any atom is -0.481 e. The number of hydrogen-bond acceptors (Lipinski definition) is 3. The number of rotatable bonds is 7. The summed E-state index contributed by atoms with van der Waals surface area (Å²) in [5, 5.41) is 8.56. The highest BCUT2D eigenvalue weighted by Crippen LogP contribution is 2.09. The molecule has 0 fully saturated rings. The van der Waals surface area contributed by atoms with E-state index < -0.39 is 5.97 Å². The van der Waals surface area contributed by atoms with Crippen LogP contribution in [0.5, 0.6) is 0 Å². The van der Waals surface area contributed by atoms with Crippen molar-refractivity contribution >= 4 is 11.9 Å². The van der Waals surface area contributed by atoms with Crippen LogP contribution in [0.1, 0.15) is 28.8 Å². The highest BCUT2D eigenvalue weighted by Gasteiger charge is 2.12. The van der Waals surface area contributed by atoms with Crippen molar-refractivity contribution in [3.8, 4) is 0 Å². The molecule has 0 aromatic heterocycles. The number of carbonyl (C=O) groups excluding carboxylic acids is 1. The molecule has 104 valence electrons. The van der Waals surface area contributed by atoms with Crippen LogP contribution in [0.25, 0.3) is 0 Å². The van der Waals surface area contributed by atoms with Crippen LogP contribution in [0, 0.1) is 0 Å². The first-order chi connectivity index (χ1) is 9.04. The Morgan fingerprint density at radius 1 is 1.37 bits per heavy atom. The van der Waals surface area contributed by atoms with E-state index in [0.29, 0.717) is 25.1 Å². The number of carboxylic acid groups (broad SMARTS) is 1. The Labute approximate surface area is 112 Å². The first-order valence-corrected chi connectivity index (χ1v) is 6.09. The number of nitrogens with zero attached hydrogens (tertiary/aromatic N) is 1. The average molecular weight is 265 g/mol. The molecule has 0 saturated carbocycles. The van der Waals surface area contributed by atoms with Gasteiger partial charge < -0.3 is 14.7 Å². The molecule has 1 amide bonds. The lowest BCUT2D eigenvalue weighted by Crippen LogP contribution is -2.28. The zero-order chi connectivity index (χ0) is 14.3. The predicted octanol–water partition coefficient (Wildman–Crippen LogP) is 1.77. The Morgan fingerprint density at radius 2 is 2.11 bits per heavy atom. The summed E-state index contributed by atoms with van der Waals surface area (Å²) < 4.78 is 5.02. The van der Waals surface area contributed by atoms with Gasteiger partial charge in [0.2, 0.25) is 0 Å². The third-order valence-corrected chi connectivity index (χ3v) is 2.72. The molecule has 1 N–H and O–H groups in total. The van der Waals surface area contributed by atoms with Crippen LogP contribution in [-0.4, -0.2) is 42.6 Å². The van der Waals surface area contributed by atoms with Gasteiger partial charge in [0.15, 0.2) is 0 Å². The van der Waals surface area contributed by atoms with E-state index in [2.05, 4.69) is 0 Å². The lowest BCUT2D eigenvalue weighted by atomic mass is 10.1. The molecule has 0 spiro atoms. The lowest BCUT2D eigenvalue weighted by molar-refractivity contribution is -0.137. The molecule has 0 radical (unpaired) electrons. The predicted molar refractivity (Wildman–Crippen MR) is 71.0 cm³/mol. The summed E-state index contributed by atoms with van der Waals surface area (Å²) in [6, 6.07) is 7.24. The van der Waals surface area contributed by atoms with Gasteiger partial charge in [0, 0.05) is 32.7 Å². The molecule has 1 aromatic rings. The van der Waals surface area contributed by atoms with Crippen molar-refractivity contribution in [3.05, 3.63) is 35.4 Å². The van der Waals surface area contributed by atoms with Crippen LogP contribution < -0.4 is 0 Å². The van der Waals surface area contributed by atoms with Gasteiger partial charge in [0.05, 0.1) is 6.61 Å². The van der Waals surface area contributed by atoms with Crippen molar-refractivity contribution in [2.24, 2.45) is 0 Å². The second kappa shape index (κ2) is 7.53. The molecule has 1 aromatic carbocycles. The van der Waals surface area contributed by atoms with Gasteiger partial charge in [-0.25, -0.2) is 0 Å². The third kappa shape index (κ3) is 5.09. The van der Waals surface area contributed by atoms with Crippen LogP contribution >= 0.6 is 0 Å². The second-order valence-corrected chi connectivity index (χ2v) is 4.36. The lowest BCUT2D eigenvalue weighted by Gasteiger charge is -2.17. The number of carboxylic acids is 1. The highest BCUT2D eigenvalue weighted by molar-refractivity contribution is 5.94. The second-order valence-electron chi connectivity index (χ2n) is 4.36. The monoisotopic (exact) mass is 265 g/mol. The van der Waals surface area contributed by atoms with Crippen molar-refractivity contribution in [1.82, 2.24) is 4.90 Å². The zero-order valence-electron chi connectivity index (χ0n) is 11.3. The van der Waals surface area contributed by atoms with E-state index in [1.54, 1.807) is 26.3 Å². The summed E-state index contributed by atoms with van der Waals surface area (Å²) in [5.74, 6) is -0.953. The third-order valence-electron chi connectivity index (χ3n) is 2.72. The van der Waals surface area contributed by atoms with Crippen molar-refractivity contribution in [2.75, 3.05) is 20.7 Å². The van der Waals surface area contributed by atoms with Gasteiger partial charge in [-0.1, -0.05) is 12.1 Å². The molecule has 0 saturated heterocycles. The Bertz CT molecular complexity index is 445. The standard InChI is InChI=1S/C14H19NO4/c1-15(8-4-7-13(16)17)14(18)12-6-3-5-11(9-12)10-19-2/h3,5-6,9H,4,7-8,10H2,1-2H3,(H,16,17). The number of aliphatic carboxylic acids is 1. The van der Waals surface area contributed by atoms with Gasteiger partial charge in [-0.15, -0.1) is 0 Å². The maximum Gasteiger partial charge on any atom is 0.303 e. The zero-order valence-corrected chi connectivity index (χ0v) is 11.3. The molecule has 5 nitrogen and oxygen atoms in total. The Morgan fingerprint density at radius 3 is 2.74 bits per heavy atom. The summed E-state index contributed by atoms with van der Waals surface area (Å²) in [4.78, 5) is 24.1. The molecular weight excluding hydrogens is 246 g/mol. The van der Waals surface area contributed by atoms with Crippen LogP contribution in [0.3, 0.4) is 0 Å². The quantitative estimate of drug-likeness (QED) is 0.816. The molecule has 0 atom stereocenters. The number of amides is 1. The van der Waals surface area contributed by atoms with Crippen LogP contribution in [0.2, 0.25) is 0 Å². The Hall–Kier alpha value is -1.88. The molecule has 1 rings (SSSR count). The SMILES string of the molecule is COCc1cccc(C(=O)N(C)CCCC(=O)O)c1. The molecule has 0 aliphatic rings. The van der Waals surface area contributed by atoms with Gasteiger partial charge >= 0.3 is 5.97 Å². The van der Waals surface area contributed by atoms with Crippen LogP contribution in [0.4, 0.5) is 0 Å². The van der Waals surface area contributed by atoms with Crippen molar-refractivity contribution in [1.29, 1.82) is 0 Å². The van der Waals surface area contributed by atoms with E-state index in [1.165, 1.54) is 4.90 Å². The number of hydrogen-bond donors (Lipinski definition) is 1. The van der Waals surface area contributed by atoms with E-state index in [0.717, 1.165) is 5.56 Å². The first kappa shape index (κ1) is 15.2. The molecule has 0 aliphatic carbocycles. The minimum absolute atomic E-state index is 0.0708. The maximum atomic E-state index is 12.1. The highest BCUT2D eigenvalue weighted by atomic mass is 16.5. The molecule has 0 bridgehead atoms. The number of carbonyl (C=O) groups is 2. The minimum atomic E-state index is -0.844. The summed E-state index contributed by atoms with van der Waals surface area (Å²) >= 11 is 0. The topological polar surface area (TPSA) is 66.8 Å². The smallest absolute Gasteiger partial charge is 0.303 e. The summed E-state index contributed by atoms with van der Waals surface area (Å²) in [6.07, 6.45) is 0.524. The van der Waals surface area contributed by atoms with Crippen molar-refractivity contribution in [3.63, 3.8) is 0 Å². The van der Waals surface area contributed by atoms with Crippen LogP contribution in [0.15, 0.2) is 24.3 Å². The van der Waals surface area contributed by atoms with Crippen molar-refractivity contribution < 1.29 is 19.4 Å². The normalized spacial score (nSPS) is 10.2. The molecule has 0 aliphatic heterocycles. The van der Waals surface area contributed by atoms with Crippen LogP contribution in [-0.2, 0) is 16.1 Å². The van der Waals surface area contributed by atoms with Gasteiger partial charge in [-0.2, -0.15) is 0 Å². The Balaban J connectivity index is 2.60. The van der Waals surface area contributed by atoms with E-state index in [4.69, 9.17) is 9.84 Å². The van der Waals surface area contributed by atoms with E-state index in [1.807, 2.05) is 12.1 Å². The number of methoxy groups -OCH3 is 1. The maximum absolute atomic E-state index is 12.1. The van der Waals surface area contributed by atoms with Gasteiger partial charge in [-0.3, -0.25) is 9.59 Å². The van der Waals surface area contributed by atoms with Gasteiger partial charge in [-0.05, 0) is 24.1 Å². The molecule has 0 unspecified atom stereocenters. The summed E-state index contributed by atoms with van der Waals surface area (Å²) in [6.45, 7) is 0.892. The van der Waals surface area contributed by atoms with Gasteiger partial charge in [0.1, 0.15) is 0 Å². The van der Waals surface area contributed by atoms with E-state index >= 15 is 0 Å². The number of ether oxygens (including phenoxy) is 1. The Kier molecular flexibility index (Phi) is 6.02. The largest absolute Gasteiger partial charge is 0.481 e. The summed E-state index contributed by atoms with van der Waals surface area (Å²) in [7, 11) is 3.28. The molecule has 0 heterocycles. The van der Waals surface area contributed by atoms with Crippen molar-refractivity contribution in [2.45, 2.75) is 19.4 Å². The summed E-state index contributed by atoms with van der Waals surface area (Å²) in [5.41, 5.74) is 1.53. The molecule has 5 heteroatoms. The first-order valence-electron chi connectivity index (χ1n) is 6.09. The molecular formula is C14H19NO4. The number of benzene rings is 1. The van der Waals surface area contributed by atoms with E-state index in [9.17, 15) is 9.59 Å². The van der Waals surface area contributed by atoms with Gasteiger partial charge in [0.25, 0.3) is 5.91 Å². The van der Waals surface area contributed by atoms with E-state index in [-0.39, 0.29) is 12.3 Å². The fourth-order valence-corrected chi connectivity index (χ4v) is 1.75.